The number of primary amides is 1. The Labute approximate surface area is 117 Å². The molecule has 0 bridgehead atoms. The van der Waals surface area contributed by atoms with Gasteiger partial charge in [0.15, 0.2) is 0 Å². The molecule has 5 nitrogen and oxygen atoms in total. The van der Waals surface area contributed by atoms with Crippen LogP contribution in [-0.4, -0.2) is 43.3 Å². The number of carbonyl (C=O) groups excluding carboxylic acids is 1. The lowest BCUT2D eigenvalue weighted by atomic mass is 10.1. The molecule has 110 valence electrons. The number of amides is 1. The number of aliphatic hydroxyl groups is 1. The summed E-state index contributed by atoms with van der Waals surface area (Å²) >= 11 is 0. The number of anilines is 1. The number of benzene rings is 1. The number of rotatable bonds is 6. The number of nitrogens with one attached hydrogen (secondary N) is 1. The number of halogens is 1. The number of hydrogen-bond donors (Lipinski definition) is 3. The van der Waals surface area contributed by atoms with E-state index in [1.54, 1.807) is 11.0 Å². The van der Waals surface area contributed by atoms with Crippen LogP contribution in [0.3, 0.4) is 0 Å². The normalized spacial score (nSPS) is 18.2. The van der Waals surface area contributed by atoms with Crippen LogP contribution in [-0.2, 0) is 0 Å². The van der Waals surface area contributed by atoms with Crippen molar-refractivity contribution in [3.8, 4) is 0 Å². The van der Waals surface area contributed by atoms with Crippen LogP contribution in [0.2, 0.25) is 0 Å². The Kier molecular flexibility index (Phi) is 4.92. The van der Waals surface area contributed by atoms with Gasteiger partial charge in [-0.15, -0.1) is 0 Å². The Morgan fingerprint density at radius 1 is 1.55 bits per heavy atom. The van der Waals surface area contributed by atoms with Crippen LogP contribution in [0, 0.1) is 5.82 Å². The summed E-state index contributed by atoms with van der Waals surface area (Å²) in [5.74, 6) is -1.14. The quantitative estimate of drug-likeness (QED) is 0.708. The van der Waals surface area contributed by atoms with Crippen molar-refractivity contribution in [1.82, 2.24) is 5.32 Å². The van der Waals surface area contributed by atoms with Crippen LogP contribution in [0.4, 0.5) is 10.1 Å². The molecule has 0 aromatic heterocycles. The van der Waals surface area contributed by atoms with Gasteiger partial charge < -0.3 is 21.1 Å². The average Bonchev–Trinajstić information content (AvgIpc) is 2.91. The third-order valence-electron chi connectivity index (χ3n) is 3.55. The summed E-state index contributed by atoms with van der Waals surface area (Å²) in [5.41, 5.74) is 5.66. The molecule has 1 heterocycles. The van der Waals surface area contributed by atoms with Crippen LogP contribution in [0.25, 0.3) is 0 Å². The van der Waals surface area contributed by atoms with Gasteiger partial charge in [-0.05, 0) is 37.6 Å². The zero-order valence-electron chi connectivity index (χ0n) is 11.3. The standard InChI is InChI=1S/C14H20FN3O2/c15-12-8-10(14(16)20)3-4-13(12)18(6-7-19)9-11-2-1-5-17-11/h3-4,8,11,17,19H,1-2,5-7,9H2,(H2,16,20). The molecule has 4 N–H and O–H groups in total. The molecule has 0 radical (unpaired) electrons. The van der Waals surface area contributed by atoms with Crippen molar-refractivity contribution >= 4 is 11.6 Å². The van der Waals surface area contributed by atoms with Gasteiger partial charge in [-0.3, -0.25) is 4.79 Å². The fourth-order valence-corrected chi connectivity index (χ4v) is 2.53. The summed E-state index contributed by atoms with van der Waals surface area (Å²) in [7, 11) is 0. The monoisotopic (exact) mass is 281 g/mol. The molecule has 1 amide bonds. The van der Waals surface area contributed by atoms with Crippen molar-refractivity contribution in [2.24, 2.45) is 5.73 Å². The first-order valence-corrected chi connectivity index (χ1v) is 6.80. The molecule has 1 aliphatic heterocycles. The number of nitrogens with zero attached hydrogens (tertiary/aromatic N) is 1. The van der Waals surface area contributed by atoms with Crippen LogP contribution >= 0.6 is 0 Å². The van der Waals surface area contributed by atoms with Crippen molar-refractivity contribution in [3.63, 3.8) is 0 Å². The van der Waals surface area contributed by atoms with E-state index >= 15 is 0 Å². The minimum Gasteiger partial charge on any atom is -0.395 e. The summed E-state index contributed by atoms with van der Waals surface area (Å²) in [6.07, 6.45) is 2.16. The zero-order valence-corrected chi connectivity index (χ0v) is 11.3. The van der Waals surface area contributed by atoms with Crippen LogP contribution in [0.5, 0.6) is 0 Å². The van der Waals surface area contributed by atoms with E-state index in [1.807, 2.05) is 0 Å². The first-order chi connectivity index (χ1) is 9.61. The summed E-state index contributed by atoms with van der Waals surface area (Å²) in [5, 5.41) is 12.5. The molecular formula is C14H20FN3O2. The molecule has 1 atom stereocenters. The highest BCUT2D eigenvalue weighted by Gasteiger charge is 2.20. The maximum Gasteiger partial charge on any atom is 0.248 e. The molecule has 1 aromatic rings. The molecule has 1 unspecified atom stereocenters. The Morgan fingerprint density at radius 3 is 2.90 bits per heavy atom. The van der Waals surface area contributed by atoms with E-state index in [9.17, 15) is 9.18 Å². The molecule has 1 saturated heterocycles. The second-order valence-electron chi connectivity index (χ2n) is 4.99. The molecule has 0 spiro atoms. The first kappa shape index (κ1) is 14.7. The lowest BCUT2D eigenvalue weighted by Crippen LogP contribution is -2.39. The topological polar surface area (TPSA) is 78.6 Å². The van der Waals surface area contributed by atoms with E-state index in [0.717, 1.165) is 25.5 Å². The molecule has 20 heavy (non-hydrogen) atoms. The SMILES string of the molecule is NC(=O)c1ccc(N(CCO)CC2CCCN2)c(F)c1. The summed E-state index contributed by atoms with van der Waals surface area (Å²) in [6.45, 7) is 1.91. The van der Waals surface area contributed by atoms with Gasteiger partial charge in [0.05, 0.1) is 12.3 Å². The number of hydrogen-bond acceptors (Lipinski definition) is 4. The van der Waals surface area contributed by atoms with Gasteiger partial charge in [0.25, 0.3) is 0 Å². The highest BCUT2D eigenvalue weighted by atomic mass is 19.1. The molecule has 0 saturated carbocycles. The molecule has 2 rings (SSSR count). The maximum atomic E-state index is 14.1. The lowest BCUT2D eigenvalue weighted by Gasteiger charge is -2.27. The number of carbonyl (C=O) groups is 1. The second kappa shape index (κ2) is 6.67. The molecule has 1 aromatic carbocycles. The molecular weight excluding hydrogens is 261 g/mol. The Hall–Kier alpha value is -1.66. The van der Waals surface area contributed by atoms with Crippen molar-refractivity contribution in [2.45, 2.75) is 18.9 Å². The van der Waals surface area contributed by atoms with Gasteiger partial charge >= 0.3 is 0 Å². The van der Waals surface area contributed by atoms with Crippen LogP contribution in [0.1, 0.15) is 23.2 Å². The van der Waals surface area contributed by atoms with E-state index in [-0.39, 0.29) is 12.2 Å². The minimum absolute atomic E-state index is 0.0519. The van der Waals surface area contributed by atoms with E-state index < -0.39 is 11.7 Å². The predicted octanol–water partition coefficient (Wildman–Crippen LogP) is 0.475. The Bertz CT molecular complexity index is 475. The van der Waals surface area contributed by atoms with Gasteiger partial charge in [0, 0.05) is 24.7 Å². The smallest absolute Gasteiger partial charge is 0.248 e. The van der Waals surface area contributed by atoms with Crippen molar-refractivity contribution in [1.29, 1.82) is 0 Å². The average molecular weight is 281 g/mol. The molecule has 0 aliphatic carbocycles. The molecule has 6 heteroatoms. The first-order valence-electron chi connectivity index (χ1n) is 6.80. The Morgan fingerprint density at radius 2 is 2.35 bits per heavy atom. The van der Waals surface area contributed by atoms with Gasteiger partial charge in [0.2, 0.25) is 5.91 Å². The summed E-state index contributed by atoms with van der Waals surface area (Å²) in [4.78, 5) is 12.8. The largest absolute Gasteiger partial charge is 0.395 e. The van der Waals surface area contributed by atoms with Crippen molar-refractivity contribution < 1.29 is 14.3 Å². The zero-order chi connectivity index (χ0) is 14.5. The van der Waals surface area contributed by atoms with Gasteiger partial charge in [-0.1, -0.05) is 0 Å². The van der Waals surface area contributed by atoms with Crippen LogP contribution < -0.4 is 16.0 Å². The molecule has 1 aliphatic rings. The van der Waals surface area contributed by atoms with E-state index in [1.165, 1.54) is 6.07 Å². The highest BCUT2D eigenvalue weighted by molar-refractivity contribution is 5.93. The fourth-order valence-electron chi connectivity index (χ4n) is 2.53. The lowest BCUT2D eigenvalue weighted by molar-refractivity contribution is 0.1000. The molecule has 1 fully saturated rings. The van der Waals surface area contributed by atoms with E-state index in [4.69, 9.17) is 10.8 Å². The number of nitrogens with two attached hydrogens (primary N) is 1. The third kappa shape index (κ3) is 3.46. The third-order valence-corrected chi connectivity index (χ3v) is 3.55. The number of aliphatic hydroxyl groups excluding tert-OH is 1. The van der Waals surface area contributed by atoms with Crippen molar-refractivity contribution in [3.05, 3.63) is 29.6 Å². The maximum absolute atomic E-state index is 14.1. The highest BCUT2D eigenvalue weighted by Crippen LogP contribution is 2.22. The Balaban J connectivity index is 2.17. The van der Waals surface area contributed by atoms with Gasteiger partial charge in [-0.2, -0.15) is 0 Å². The second-order valence-corrected chi connectivity index (χ2v) is 4.99. The van der Waals surface area contributed by atoms with Crippen LogP contribution in [0.15, 0.2) is 18.2 Å². The van der Waals surface area contributed by atoms with E-state index in [2.05, 4.69) is 5.32 Å². The van der Waals surface area contributed by atoms with Crippen molar-refractivity contribution in [2.75, 3.05) is 31.1 Å². The van der Waals surface area contributed by atoms with E-state index in [0.29, 0.717) is 24.8 Å². The van der Waals surface area contributed by atoms with Gasteiger partial charge in [0.1, 0.15) is 5.82 Å². The fraction of sp³-hybridized carbons (Fsp3) is 0.500. The summed E-state index contributed by atoms with van der Waals surface area (Å²) in [6, 6.07) is 4.49. The predicted molar refractivity (Wildman–Crippen MR) is 75.2 cm³/mol. The van der Waals surface area contributed by atoms with Gasteiger partial charge in [-0.25, -0.2) is 4.39 Å². The minimum atomic E-state index is -0.651. The summed E-state index contributed by atoms with van der Waals surface area (Å²) < 4.78 is 14.1.